The highest BCUT2D eigenvalue weighted by atomic mass is 79.9. The Kier molecular flexibility index (Phi) is 4.35. The number of rotatable bonds is 2. The van der Waals surface area contributed by atoms with Crippen molar-refractivity contribution >= 4 is 32.2 Å². The summed E-state index contributed by atoms with van der Waals surface area (Å²) in [5.41, 5.74) is 0. The Balaban J connectivity index is 2.64. The molecule has 1 heterocycles. The van der Waals surface area contributed by atoms with Crippen LogP contribution in [0.25, 0.3) is 0 Å². The van der Waals surface area contributed by atoms with E-state index in [2.05, 4.69) is 20.7 Å². The van der Waals surface area contributed by atoms with Gasteiger partial charge < -0.3 is 4.74 Å². The number of hydrogen-bond acceptors (Lipinski definition) is 4. The van der Waals surface area contributed by atoms with E-state index in [1.165, 1.54) is 4.31 Å². The molecule has 6 nitrogen and oxygen atoms in total. The lowest BCUT2D eigenvalue weighted by Crippen LogP contribution is -2.48. The molecule has 0 aromatic heterocycles. The van der Waals surface area contributed by atoms with Gasteiger partial charge in [0.2, 0.25) is 0 Å². The molecule has 8 heteroatoms. The van der Waals surface area contributed by atoms with Crippen LogP contribution in [0.5, 0.6) is 0 Å². The van der Waals surface area contributed by atoms with E-state index >= 15 is 0 Å². The Morgan fingerprint density at radius 1 is 1.60 bits per heavy atom. The first-order valence-electron chi connectivity index (χ1n) is 4.45. The molecule has 0 aromatic carbocycles. The molecule has 1 unspecified atom stereocenters. The van der Waals surface area contributed by atoms with Gasteiger partial charge >= 0.3 is 16.3 Å². The fraction of sp³-hybridized carbons (Fsp3) is 0.857. The molecule has 88 valence electrons. The van der Waals surface area contributed by atoms with Gasteiger partial charge in [-0.25, -0.2) is 9.52 Å². The van der Waals surface area contributed by atoms with Gasteiger partial charge in [-0.1, -0.05) is 15.9 Å². The van der Waals surface area contributed by atoms with Crippen LogP contribution in [0.1, 0.15) is 12.8 Å². The third-order valence-electron chi connectivity index (χ3n) is 2.06. The molecule has 0 radical (unpaired) electrons. The van der Waals surface area contributed by atoms with Crippen LogP contribution < -0.4 is 4.72 Å². The minimum absolute atomic E-state index is 0.139. The summed E-state index contributed by atoms with van der Waals surface area (Å²) in [5.74, 6) is 0. The number of nitrogens with zero attached hydrogens (tertiary/aromatic N) is 1. The van der Waals surface area contributed by atoms with Crippen LogP contribution in [0.2, 0.25) is 0 Å². The lowest BCUT2D eigenvalue weighted by molar-refractivity contribution is 0.176. The number of methoxy groups -OCH3 is 1. The smallest absolute Gasteiger partial charge is 0.421 e. The molecule has 1 atom stereocenters. The topological polar surface area (TPSA) is 75.7 Å². The van der Waals surface area contributed by atoms with Crippen LogP contribution >= 0.6 is 15.9 Å². The summed E-state index contributed by atoms with van der Waals surface area (Å²) in [7, 11) is -2.63. The quantitative estimate of drug-likeness (QED) is 0.751. The molecule has 0 saturated carbocycles. The predicted molar refractivity (Wildman–Crippen MR) is 58.0 cm³/mol. The van der Waals surface area contributed by atoms with Crippen LogP contribution in [-0.4, -0.2) is 43.8 Å². The van der Waals surface area contributed by atoms with Crippen LogP contribution in [0.4, 0.5) is 4.79 Å². The number of nitrogens with one attached hydrogen (secondary N) is 1. The maximum absolute atomic E-state index is 11.6. The second-order valence-electron chi connectivity index (χ2n) is 3.20. The van der Waals surface area contributed by atoms with Crippen LogP contribution in [0, 0.1) is 0 Å². The molecule has 1 fully saturated rings. The van der Waals surface area contributed by atoms with Crippen LogP contribution in [-0.2, 0) is 14.9 Å². The van der Waals surface area contributed by atoms with Gasteiger partial charge in [0.1, 0.15) is 0 Å². The van der Waals surface area contributed by atoms with E-state index in [4.69, 9.17) is 0 Å². The zero-order chi connectivity index (χ0) is 11.5. The first-order chi connectivity index (χ1) is 6.95. The molecular weight excluding hydrogens is 288 g/mol. The number of piperidine rings is 1. The summed E-state index contributed by atoms with van der Waals surface area (Å²) < 4.78 is 30.5. The van der Waals surface area contributed by atoms with Crippen molar-refractivity contribution in [3.63, 3.8) is 0 Å². The molecule has 0 aromatic rings. The molecule has 1 N–H and O–H groups in total. The lowest BCUT2D eigenvalue weighted by atomic mass is 10.2. The Bertz CT molecular complexity index is 332. The first-order valence-corrected chi connectivity index (χ1v) is 6.81. The average molecular weight is 301 g/mol. The van der Waals surface area contributed by atoms with Crippen molar-refractivity contribution in [3.8, 4) is 0 Å². The maximum Gasteiger partial charge on any atom is 0.421 e. The number of carbonyl (C=O) groups excluding carboxylic acids is 1. The molecule has 0 spiro atoms. The number of hydrogen-bond donors (Lipinski definition) is 1. The van der Waals surface area contributed by atoms with Crippen LogP contribution in [0.3, 0.4) is 0 Å². The van der Waals surface area contributed by atoms with Crippen molar-refractivity contribution in [1.82, 2.24) is 9.03 Å². The molecular formula is C7H13BrN2O4S. The predicted octanol–water partition coefficient (Wildman–Crippen LogP) is 0.446. The number of ether oxygens (including phenoxy) is 1. The molecule has 1 aliphatic heterocycles. The van der Waals surface area contributed by atoms with Crippen molar-refractivity contribution in [3.05, 3.63) is 0 Å². The second kappa shape index (κ2) is 5.13. The summed E-state index contributed by atoms with van der Waals surface area (Å²) in [6.45, 7) is 0.792. The zero-order valence-electron chi connectivity index (χ0n) is 8.27. The zero-order valence-corrected chi connectivity index (χ0v) is 10.7. The van der Waals surface area contributed by atoms with Gasteiger partial charge in [-0.3, -0.25) is 0 Å². The Morgan fingerprint density at radius 2 is 2.27 bits per heavy atom. The van der Waals surface area contributed by atoms with E-state index in [-0.39, 0.29) is 4.83 Å². The Morgan fingerprint density at radius 3 is 2.80 bits per heavy atom. The monoisotopic (exact) mass is 300 g/mol. The molecule has 1 amide bonds. The normalized spacial score (nSPS) is 23.5. The average Bonchev–Trinajstić information content (AvgIpc) is 2.17. The Hall–Kier alpha value is -0.340. The third-order valence-corrected chi connectivity index (χ3v) is 4.25. The van der Waals surface area contributed by atoms with Gasteiger partial charge in [-0.2, -0.15) is 12.7 Å². The highest BCUT2D eigenvalue weighted by molar-refractivity contribution is 9.09. The second-order valence-corrected chi connectivity index (χ2v) is 6.16. The molecule has 15 heavy (non-hydrogen) atoms. The van der Waals surface area contributed by atoms with Gasteiger partial charge in [0.25, 0.3) is 0 Å². The fourth-order valence-corrected chi connectivity index (χ4v) is 3.36. The van der Waals surface area contributed by atoms with Gasteiger partial charge in [-0.05, 0) is 12.8 Å². The first kappa shape index (κ1) is 12.7. The van der Waals surface area contributed by atoms with Gasteiger partial charge in [0.05, 0.1) is 7.11 Å². The van der Waals surface area contributed by atoms with Gasteiger partial charge in [0.15, 0.2) is 0 Å². The summed E-state index contributed by atoms with van der Waals surface area (Å²) in [4.78, 5) is 10.9. The number of carbonyl (C=O) groups is 1. The number of alkyl halides is 1. The molecule has 0 aliphatic carbocycles. The van der Waals surface area contributed by atoms with E-state index in [9.17, 15) is 13.2 Å². The van der Waals surface area contributed by atoms with Crippen molar-refractivity contribution in [2.24, 2.45) is 0 Å². The van der Waals surface area contributed by atoms with E-state index < -0.39 is 16.3 Å². The number of halogens is 1. The molecule has 1 saturated heterocycles. The van der Waals surface area contributed by atoms with Crippen LogP contribution in [0.15, 0.2) is 0 Å². The van der Waals surface area contributed by atoms with Crippen molar-refractivity contribution in [2.75, 3.05) is 20.2 Å². The van der Waals surface area contributed by atoms with Crippen molar-refractivity contribution in [1.29, 1.82) is 0 Å². The van der Waals surface area contributed by atoms with E-state index in [1.54, 1.807) is 0 Å². The highest BCUT2D eigenvalue weighted by Gasteiger charge is 2.29. The van der Waals surface area contributed by atoms with E-state index in [0.29, 0.717) is 13.1 Å². The maximum atomic E-state index is 11.6. The summed E-state index contributed by atoms with van der Waals surface area (Å²) in [6.07, 6.45) is 0.745. The highest BCUT2D eigenvalue weighted by Crippen LogP contribution is 2.18. The molecule has 1 aliphatic rings. The minimum Gasteiger partial charge on any atom is -0.452 e. The summed E-state index contributed by atoms with van der Waals surface area (Å²) in [6, 6.07) is 0. The van der Waals surface area contributed by atoms with Crippen molar-refractivity contribution < 1.29 is 17.9 Å². The Labute approximate surface area is 97.3 Å². The van der Waals surface area contributed by atoms with Gasteiger partial charge in [-0.15, -0.1) is 0 Å². The molecule has 0 bridgehead atoms. The number of amides is 1. The van der Waals surface area contributed by atoms with E-state index in [1.807, 2.05) is 4.72 Å². The third kappa shape index (κ3) is 3.62. The fourth-order valence-electron chi connectivity index (χ4n) is 1.32. The summed E-state index contributed by atoms with van der Waals surface area (Å²) in [5, 5.41) is 0. The van der Waals surface area contributed by atoms with Crippen molar-refractivity contribution in [2.45, 2.75) is 17.7 Å². The summed E-state index contributed by atoms with van der Waals surface area (Å²) >= 11 is 3.35. The lowest BCUT2D eigenvalue weighted by Gasteiger charge is -2.28. The molecule has 1 rings (SSSR count). The van der Waals surface area contributed by atoms with Gasteiger partial charge in [0, 0.05) is 17.9 Å². The van der Waals surface area contributed by atoms with E-state index in [0.717, 1.165) is 20.0 Å². The minimum atomic E-state index is -3.75. The SMILES string of the molecule is COC(=O)NS(=O)(=O)N1CCCC(Br)C1. The standard InChI is InChI=1S/C7H13BrN2O4S/c1-14-7(11)9-15(12,13)10-4-2-3-6(8)5-10/h6H,2-5H2,1H3,(H,9,11). The largest absolute Gasteiger partial charge is 0.452 e.